The average Bonchev–Trinajstić information content (AvgIpc) is 2.93. The van der Waals surface area contributed by atoms with Gasteiger partial charge in [0.25, 0.3) is 0 Å². The highest BCUT2D eigenvalue weighted by atomic mass is 16.2. The molecule has 2 aromatic rings. The minimum Gasteiger partial charge on any atom is -0.348 e. The quantitative estimate of drug-likeness (QED) is 0.877. The Hall–Kier alpha value is -2.56. The molecule has 1 fully saturated rings. The van der Waals surface area contributed by atoms with Crippen LogP contribution in [0.3, 0.4) is 0 Å². The predicted octanol–water partition coefficient (Wildman–Crippen LogP) is 2.49. The zero-order valence-corrected chi connectivity index (χ0v) is 14.6. The third-order valence-corrected chi connectivity index (χ3v) is 3.97. The largest absolute Gasteiger partial charge is 0.348 e. The Morgan fingerprint density at radius 2 is 2.00 bits per heavy atom. The molecule has 0 radical (unpaired) electrons. The summed E-state index contributed by atoms with van der Waals surface area (Å²) in [4.78, 5) is 25.1. The molecule has 1 aliphatic heterocycles. The van der Waals surface area contributed by atoms with Gasteiger partial charge in [0.2, 0.25) is 11.8 Å². The van der Waals surface area contributed by atoms with Crippen molar-refractivity contribution < 1.29 is 9.59 Å². The summed E-state index contributed by atoms with van der Waals surface area (Å²) in [5.74, 6) is -0.119. The van der Waals surface area contributed by atoms with Crippen LogP contribution in [0.15, 0.2) is 43.1 Å². The van der Waals surface area contributed by atoms with E-state index < -0.39 is 0 Å². The van der Waals surface area contributed by atoms with Crippen molar-refractivity contribution in [3.05, 3.63) is 48.7 Å². The fourth-order valence-corrected chi connectivity index (χ4v) is 2.76. The fourth-order valence-electron chi connectivity index (χ4n) is 2.76. The highest BCUT2D eigenvalue weighted by molar-refractivity contribution is 5.88. The number of hydrogen-bond donors (Lipinski definition) is 1. The van der Waals surface area contributed by atoms with E-state index in [1.165, 1.54) is 11.6 Å². The van der Waals surface area contributed by atoms with Crippen LogP contribution in [0.25, 0.3) is 10.9 Å². The average molecular weight is 327 g/mol. The molecule has 1 aromatic heterocycles. The molecule has 0 atom stereocenters. The predicted molar refractivity (Wildman–Crippen MR) is 96.7 cm³/mol. The summed E-state index contributed by atoms with van der Waals surface area (Å²) >= 11 is 0. The molecule has 0 saturated carbocycles. The van der Waals surface area contributed by atoms with Crippen molar-refractivity contribution in [2.75, 3.05) is 13.1 Å². The maximum atomic E-state index is 12.1. The molecule has 0 bridgehead atoms. The Balaban J connectivity index is 0.00000100. The number of nitrogens with one attached hydrogen (secondary N) is 1. The Morgan fingerprint density at radius 3 is 2.67 bits per heavy atom. The van der Waals surface area contributed by atoms with Crippen molar-refractivity contribution in [3.63, 3.8) is 0 Å². The monoisotopic (exact) mass is 327 g/mol. The number of rotatable bonds is 4. The molecule has 0 aliphatic carbocycles. The van der Waals surface area contributed by atoms with Crippen LogP contribution in [0.5, 0.6) is 0 Å². The van der Waals surface area contributed by atoms with E-state index in [0.29, 0.717) is 19.6 Å². The second-order valence-electron chi connectivity index (χ2n) is 5.72. The molecule has 3 rings (SSSR count). The molecule has 1 N–H and O–H groups in total. The van der Waals surface area contributed by atoms with Crippen molar-refractivity contribution in [2.45, 2.75) is 33.4 Å². The number of likely N-dealkylation sites (tertiary alicyclic amines) is 1. The minimum atomic E-state index is -0.0859. The number of hydrogen-bond acceptors (Lipinski definition) is 2. The standard InChI is InChI=1S/C17H19N3O2.C2H6/c1-3-17(22)20-9-14(10-20)18-16(21)11-19-7-6-13-8-12(2)4-5-15(13)19;1-2/h3-8,14H,1,9-11H2,2H3,(H,18,21);1-2H3. The van der Waals surface area contributed by atoms with Gasteiger partial charge in [-0.15, -0.1) is 0 Å². The number of nitrogens with zero attached hydrogens (tertiary/aromatic N) is 2. The Morgan fingerprint density at radius 1 is 1.29 bits per heavy atom. The fraction of sp³-hybridized carbons (Fsp3) is 0.368. The summed E-state index contributed by atoms with van der Waals surface area (Å²) in [6.45, 7) is 10.9. The maximum absolute atomic E-state index is 12.1. The molecule has 1 aromatic carbocycles. The van der Waals surface area contributed by atoms with Crippen LogP contribution in [0.1, 0.15) is 19.4 Å². The Bertz CT molecular complexity index is 742. The summed E-state index contributed by atoms with van der Waals surface area (Å²) in [6, 6.07) is 8.24. The van der Waals surface area contributed by atoms with E-state index in [1.807, 2.05) is 42.8 Å². The summed E-state index contributed by atoms with van der Waals surface area (Å²) in [7, 11) is 0. The number of carbonyl (C=O) groups excluding carboxylic acids is 2. The second-order valence-corrected chi connectivity index (χ2v) is 5.72. The van der Waals surface area contributed by atoms with Gasteiger partial charge in [0.1, 0.15) is 6.54 Å². The van der Waals surface area contributed by atoms with Gasteiger partial charge in [-0.05, 0) is 36.6 Å². The molecule has 2 amide bonds. The molecule has 0 spiro atoms. The van der Waals surface area contributed by atoms with E-state index in [4.69, 9.17) is 0 Å². The van der Waals surface area contributed by atoms with E-state index in [9.17, 15) is 9.59 Å². The first-order valence-electron chi connectivity index (χ1n) is 8.33. The highest BCUT2D eigenvalue weighted by Gasteiger charge is 2.30. The third-order valence-electron chi connectivity index (χ3n) is 3.97. The van der Waals surface area contributed by atoms with E-state index in [-0.39, 0.29) is 17.9 Å². The van der Waals surface area contributed by atoms with Crippen molar-refractivity contribution in [1.82, 2.24) is 14.8 Å². The van der Waals surface area contributed by atoms with Gasteiger partial charge >= 0.3 is 0 Å². The minimum absolute atomic E-state index is 0.0335. The van der Waals surface area contributed by atoms with Crippen LogP contribution in [-0.2, 0) is 16.1 Å². The molecule has 2 heterocycles. The lowest BCUT2D eigenvalue weighted by atomic mass is 10.1. The molecule has 24 heavy (non-hydrogen) atoms. The van der Waals surface area contributed by atoms with E-state index in [0.717, 1.165) is 10.9 Å². The van der Waals surface area contributed by atoms with Gasteiger partial charge in [-0.2, -0.15) is 0 Å². The molecular formula is C19H25N3O2. The lowest BCUT2D eigenvalue weighted by molar-refractivity contribution is -0.133. The first kappa shape index (κ1) is 17.8. The zero-order chi connectivity index (χ0) is 17.7. The van der Waals surface area contributed by atoms with Crippen LogP contribution in [0.2, 0.25) is 0 Å². The summed E-state index contributed by atoms with van der Waals surface area (Å²) in [6.07, 6.45) is 3.23. The Kier molecular flexibility index (Phi) is 5.79. The number of fused-ring (bicyclic) bond motifs is 1. The topological polar surface area (TPSA) is 54.3 Å². The van der Waals surface area contributed by atoms with Crippen LogP contribution in [0, 0.1) is 6.92 Å². The van der Waals surface area contributed by atoms with Gasteiger partial charge in [0, 0.05) is 24.8 Å². The SMILES string of the molecule is C=CC(=O)N1CC(NC(=O)Cn2ccc3cc(C)ccc32)C1.CC. The van der Waals surface area contributed by atoms with E-state index in [2.05, 4.69) is 24.9 Å². The van der Waals surface area contributed by atoms with Crippen molar-refractivity contribution in [3.8, 4) is 0 Å². The van der Waals surface area contributed by atoms with Gasteiger partial charge in [-0.25, -0.2) is 0 Å². The lowest BCUT2D eigenvalue weighted by Gasteiger charge is -2.38. The van der Waals surface area contributed by atoms with Crippen LogP contribution in [-0.4, -0.2) is 40.4 Å². The summed E-state index contributed by atoms with van der Waals surface area (Å²) < 4.78 is 1.94. The van der Waals surface area contributed by atoms with Crippen molar-refractivity contribution in [2.24, 2.45) is 0 Å². The lowest BCUT2D eigenvalue weighted by Crippen LogP contribution is -2.61. The molecule has 128 valence electrons. The summed E-state index contributed by atoms with van der Waals surface area (Å²) in [5.41, 5.74) is 2.26. The number of carbonyl (C=O) groups is 2. The molecule has 0 unspecified atom stereocenters. The molecule has 5 heteroatoms. The third kappa shape index (κ3) is 3.85. The van der Waals surface area contributed by atoms with Gasteiger partial charge < -0.3 is 14.8 Å². The number of aryl methyl sites for hydroxylation is 1. The second kappa shape index (κ2) is 7.81. The zero-order valence-electron chi connectivity index (χ0n) is 14.6. The molecular weight excluding hydrogens is 302 g/mol. The smallest absolute Gasteiger partial charge is 0.246 e. The van der Waals surface area contributed by atoms with Crippen LogP contribution in [0.4, 0.5) is 0 Å². The Labute approximate surface area is 142 Å². The molecule has 1 aliphatic rings. The van der Waals surface area contributed by atoms with Gasteiger partial charge in [0.05, 0.1) is 6.04 Å². The van der Waals surface area contributed by atoms with Gasteiger partial charge in [-0.3, -0.25) is 9.59 Å². The maximum Gasteiger partial charge on any atom is 0.246 e. The molecule has 5 nitrogen and oxygen atoms in total. The first-order valence-corrected chi connectivity index (χ1v) is 8.33. The highest BCUT2D eigenvalue weighted by Crippen LogP contribution is 2.17. The van der Waals surface area contributed by atoms with Gasteiger partial charge in [-0.1, -0.05) is 32.1 Å². The van der Waals surface area contributed by atoms with E-state index in [1.54, 1.807) is 4.90 Å². The van der Waals surface area contributed by atoms with Crippen molar-refractivity contribution >= 4 is 22.7 Å². The van der Waals surface area contributed by atoms with Gasteiger partial charge in [0.15, 0.2) is 0 Å². The first-order chi connectivity index (χ1) is 11.6. The number of amides is 2. The molecule has 1 saturated heterocycles. The summed E-state index contributed by atoms with van der Waals surface area (Å²) in [5, 5.41) is 4.09. The van der Waals surface area contributed by atoms with Crippen LogP contribution >= 0.6 is 0 Å². The number of benzene rings is 1. The van der Waals surface area contributed by atoms with Crippen molar-refractivity contribution in [1.29, 1.82) is 0 Å². The normalized spacial score (nSPS) is 13.7. The van der Waals surface area contributed by atoms with E-state index >= 15 is 0 Å². The number of aromatic nitrogens is 1. The van der Waals surface area contributed by atoms with Crippen LogP contribution < -0.4 is 5.32 Å².